The Kier molecular flexibility index (Phi) is 2.53. The van der Waals surface area contributed by atoms with Crippen molar-refractivity contribution in [3.05, 3.63) is 23.8 Å². The molecule has 5 heteroatoms. The van der Waals surface area contributed by atoms with Crippen molar-refractivity contribution in [1.29, 1.82) is 0 Å². The predicted molar refractivity (Wildman–Crippen MR) is 69.5 cm³/mol. The van der Waals surface area contributed by atoms with Gasteiger partial charge in [-0.05, 0) is 38.8 Å². The maximum absolute atomic E-state index is 13.2. The lowest BCUT2D eigenvalue weighted by Crippen LogP contribution is -2.50. The van der Waals surface area contributed by atoms with Crippen molar-refractivity contribution in [3.63, 3.8) is 0 Å². The van der Waals surface area contributed by atoms with Crippen molar-refractivity contribution >= 4 is 11.4 Å². The Labute approximate surface area is 110 Å². The highest BCUT2D eigenvalue weighted by Crippen LogP contribution is 2.53. The van der Waals surface area contributed by atoms with Crippen LogP contribution in [0.2, 0.25) is 0 Å². The van der Waals surface area contributed by atoms with Gasteiger partial charge in [-0.1, -0.05) is 6.07 Å². The van der Waals surface area contributed by atoms with Gasteiger partial charge in [0.2, 0.25) is 0 Å². The number of hydrogen-bond acceptors (Lipinski definition) is 2. The summed E-state index contributed by atoms with van der Waals surface area (Å²) in [5, 5.41) is 3.17. The number of nitrogens with zero attached hydrogens (tertiary/aromatic N) is 1. The molecule has 1 N–H and O–H groups in total. The predicted octanol–water partition coefficient (Wildman–Crippen LogP) is 3.88. The van der Waals surface area contributed by atoms with Crippen LogP contribution in [0.4, 0.5) is 24.5 Å². The van der Waals surface area contributed by atoms with Crippen molar-refractivity contribution < 1.29 is 13.2 Å². The number of anilines is 2. The summed E-state index contributed by atoms with van der Waals surface area (Å²) in [6, 6.07) is 4.44. The van der Waals surface area contributed by atoms with Crippen LogP contribution < -0.4 is 10.2 Å². The molecule has 0 radical (unpaired) electrons. The minimum Gasteiger partial charge on any atom is -0.381 e. The Morgan fingerprint density at radius 1 is 1.26 bits per heavy atom. The van der Waals surface area contributed by atoms with E-state index in [0.717, 1.165) is 19.4 Å². The molecule has 1 heterocycles. The molecule has 1 aliphatic heterocycles. The minimum absolute atomic E-state index is 0.0619. The van der Waals surface area contributed by atoms with E-state index < -0.39 is 11.7 Å². The SMILES string of the molecule is CC(C)N1c2c(cccc2C(F)(F)F)NCC12CC2. The highest BCUT2D eigenvalue weighted by atomic mass is 19.4. The molecule has 104 valence electrons. The number of halogens is 3. The Bertz CT molecular complexity index is 504. The molecule has 0 atom stereocenters. The quantitative estimate of drug-likeness (QED) is 0.833. The number of para-hydroxylation sites is 1. The van der Waals surface area contributed by atoms with E-state index in [2.05, 4.69) is 5.32 Å². The molecule has 1 aromatic carbocycles. The van der Waals surface area contributed by atoms with Gasteiger partial charge >= 0.3 is 6.18 Å². The summed E-state index contributed by atoms with van der Waals surface area (Å²) in [6.45, 7) is 4.66. The lowest BCUT2D eigenvalue weighted by atomic mass is 10.0. The van der Waals surface area contributed by atoms with Gasteiger partial charge in [0.25, 0.3) is 0 Å². The monoisotopic (exact) mass is 270 g/mol. The van der Waals surface area contributed by atoms with Crippen LogP contribution >= 0.6 is 0 Å². The number of hydrogen-bond donors (Lipinski definition) is 1. The topological polar surface area (TPSA) is 15.3 Å². The van der Waals surface area contributed by atoms with E-state index in [4.69, 9.17) is 0 Å². The molecule has 0 saturated heterocycles. The molecule has 1 fully saturated rings. The van der Waals surface area contributed by atoms with Crippen LogP contribution in [-0.2, 0) is 6.18 Å². The first kappa shape index (κ1) is 12.6. The summed E-state index contributed by atoms with van der Waals surface area (Å²) in [5.74, 6) is 0. The molecule has 0 amide bonds. The van der Waals surface area contributed by atoms with Crippen molar-refractivity contribution in [1.82, 2.24) is 0 Å². The van der Waals surface area contributed by atoms with Crippen LogP contribution in [0.3, 0.4) is 0 Å². The van der Waals surface area contributed by atoms with Crippen LogP contribution in [0.1, 0.15) is 32.3 Å². The molecule has 1 saturated carbocycles. The van der Waals surface area contributed by atoms with Gasteiger partial charge in [-0.3, -0.25) is 0 Å². The number of benzene rings is 1. The zero-order chi connectivity index (χ0) is 13.8. The third-order valence-corrected chi connectivity index (χ3v) is 4.04. The van der Waals surface area contributed by atoms with Crippen molar-refractivity contribution in [2.24, 2.45) is 0 Å². The standard InChI is InChI=1S/C14H17F3N2/c1-9(2)19-12-10(14(15,16)17)4-3-5-11(12)18-8-13(19)6-7-13/h3-5,9,18H,6-8H2,1-2H3. The Balaban J connectivity index is 2.18. The summed E-state index contributed by atoms with van der Waals surface area (Å²) in [4.78, 5) is 1.97. The molecule has 0 aromatic heterocycles. The highest BCUT2D eigenvalue weighted by Gasteiger charge is 2.53. The number of nitrogens with one attached hydrogen (secondary N) is 1. The zero-order valence-corrected chi connectivity index (χ0v) is 11.0. The van der Waals surface area contributed by atoms with Gasteiger partial charge in [0.15, 0.2) is 0 Å². The summed E-state index contributed by atoms with van der Waals surface area (Å²) < 4.78 is 39.7. The Hall–Kier alpha value is -1.39. The summed E-state index contributed by atoms with van der Waals surface area (Å²) in [5.41, 5.74) is 0.287. The molecule has 2 nitrogen and oxygen atoms in total. The smallest absolute Gasteiger partial charge is 0.381 e. The van der Waals surface area contributed by atoms with Crippen LogP contribution in [0.25, 0.3) is 0 Å². The van der Waals surface area contributed by atoms with Crippen LogP contribution in [0, 0.1) is 0 Å². The van der Waals surface area contributed by atoms with E-state index in [-0.39, 0.29) is 11.6 Å². The van der Waals surface area contributed by atoms with E-state index in [0.29, 0.717) is 11.4 Å². The van der Waals surface area contributed by atoms with Gasteiger partial charge in [0.05, 0.1) is 22.5 Å². The molecule has 3 rings (SSSR count). The van der Waals surface area contributed by atoms with Gasteiger partial charge in [-0.15, -0.1) is 0 Å². The zero-order valence-electron chi connectivity index (χ0n) is 11.0. The first-order chi connectivity index (χ1) is 8.85. The van der Waals surface area contributed by atoms with E-state index in [1.807, 2.05) is 18.7 Å². The maximum atomic E-state index is 13.2. The van der Waals surface area contributed by atoms with Gasteiger partial charge in [-0.2, -0.15) is 13.2 Å². The molecule has 1 aliphatic carbocycles. The van der Waals surface area contributed by atoms with Crippen molar-refractivity contribution in [2.45, 2.75) is 44.4 Å². The third-order valence-electron chi connectivity index (χ3n) is 4.04. The Morgan fingerprint density at radius 3 is 2.47 bits per heavy atom. The van der Waals surface area contributed by atoms with Crippen molar-refractivity contribution in [3.8, 4) is 0 Å². The number of rotatable bonds is 1. The fourth-order valence-electron chi connectivity index (χ4n) is 3.12. The minimum atomic E-state index is -4.31. The molecule has 2 aliphatic rings. The van der Waals surface area contributed by atoms with E-state index in [9.17, 15) is 13.2 Å². The maximum Gasteiger partial charge on any atom is 0.418 e. The van der Waals surface area contributed by atoms with Crippen LogP contribution in [0.15, 0.2) is 18.2 Å². The summed E-state index contributed by atoms with van der Waals surface area (Å²) >= 11 is 0. The lowest BCUT2D eigenvalue weighted by Gasteiger charge is -2.44. The van der Waals surface area contributed by atoms with Gasteiger partial charge in [-0.25, -0.2) is 0 Å². The van der Waals surface area contributed by atoms with E-state index in [1.165, 1.54) is 12.1 Å². The second kappa shape index (κ2) is 3.81. The molecule has 0 unspecified atom stereocenters. The van der Waals surface area contributed by atoms with E-state index in [1.54, 1.807) is 6.07 Å². The van der Waals surface area contributed by atoms with Crippen LogP contribution in [-0.4, -0.2) is 18.1 Å². The second-order valence-corrected chi connectivity index (χ2v) is 5.74. The normalized spacial score (nSPS) is 20.4. The second-order valence-electron chi connectivity index (χ2n) is 5.74. The van der Waals surface area contributed by atoms with Gasteiger partial charge in [0.1, 0.15) is 0 Å². The first-order valence-corrected chi connectivity index (χ1v) is 6.59. The molecular formula is C14H17F3N2. The van der Waals surface area contributed by atoms with E-state index >= 15 is 0 Å². The van der Waals surface area contributed by atoms with Gasteiger partial charge in [0, 0.05) is 12.6 Å². The number of alkyl halides is 3. The summed E-state index contributed by atoms with van der Waals surface area (Å²) in [7, 11) is 0. The number of fused-ring (bicyclic) bond motifs is 1. The molecule has 0 bridgehead atoms. The molecular weight excluding hydrogens is 253 g/mol. The fraction of sp³-hybridized carbons (Fsp3) is 0.571. The Morgan fingerprint density at radius 2 is 1.95 bits per heavy atom. The molecule has 1 aromatic rings. The van der Waals surface area contributed by atoms with Gasteiger partial charge < -0.3 is 10.2 Å². The van der Waals surface area contributed by atoms with Crippen LogP contribution in [0.5, 0.6) is 0 Å². The third kappa shape index (κ3) is 1.86. The molecule has 19 heavy (non-hydrogen) atoms. The average molecular weight is 270 g/mol. The average Bonchev–Trinajstić information content (AvgIpc) is 3.06. The molecule has 1 spiro atoms. The lowest BCUT2D eigenvalue weighted by molar-refractivity contribution is -0.137. The largest absolute Gasteiger partial charge is 0.418 e. The van der Waals surface area contributed by atoms with Crippen molar-refractivity contribution in [2.75, 3.05) is 16.8 Å². The summed E-state index contributed by atoms with van der Waals surface area (Å²) in [6.07, 6.45) is -2.39. The first-order valence-electron chi connectivity index (χ1n) is 6.59. The fourth-order valence-corrected chi connectivity index (χ4v) is 3.12. The highest BCUT2D eigenvalue weighted by molar-refractivity contribution is 5.79.